The van der Waals surface area contributed by atoms with E-state index in [0.29, 0.717) is 12.5 Å². The number of methoxy groups -OCH3 is 2. The number of benzene rings is 2. The topological polar surface area (TPSA) is 42.0 Å². The Bertz CT molecular complexity index is 850. The number of carbonyl (C=O) groups is 1. The van der Waals surface area contributed by atoms with Crippen molar-refractivity contribution < 1.29 is 14.3 Å². The van der Waals surface area contributed by atoms with Crippen LogP contribution >= 0.6 is 0 Å². The van der Waals surface area contributed by atoms with Gasteiger partial charge < -0.3 is 14.4 Å². The predicted octanol–water partition coefficient (Wildman–Crippen LogP) is 3.71. The Morgan fingerprint density at radius 3 is 2.38 bits per heavy atom. The zero-order chi connectivity index (χ0) is 20.4. The first-order valence-electron chi connectivity index (χ1n) is 10.4. The fourth-order valence-corrected chi connectivity index (χ4v) is 4.40. The number of nitrogens with zero attached hydrogens (tertiary/aromatic N) is 2. The highest BCUT2D eigenvalue weighted by Gasteiger charge is 2.41. The molecule has 2 aromatic rings. The molecule has 4 rings (SSSR count). The van der Waals surface area contributed by atoms with Crippen molar-refractivity contribution in [1.29, 1.82) is 0 Å². The van der Waals surface area contributed by atoms with Crippen molar-refractivity contribution in [3.63, 3.8) is 0 Å². The maximum atomic E-state index is 13.5. The quantitative estimate of drug-likeness (QED) is 0.749. The highest BCUT2D eigenvalue weighted by Crippen LogP contribution is 2.44. The molecular formula is C24H30N2O3. The van der Waals surface area contributed by atoms with E-state index in [9.17, 15) is 4.79 Å². The summed E-state index contributed by atoms with van der Waals surface area (Å²) in [5.74, 6) is 2.20. The monoisotopic (exact) mass is 394 g/mol. The van der Waals surface area contributed by atoms with Crippen LogP contribution in [-0.2, 0) is 4.79 Å². The lowest BCUT2D eigenvalue weighted by molar-refractivity contribution is -0.136. The molecule has 0 bridgehead atoms. The van der Waals surface area contributed by atoms with Crippen molar-refractivity contribution in [1.82, 2.24) is 9.80 Å². The van der Waals surface area contributed by atoms with Gasteiger partial charge in [-0.1, -0.05) is 36.4 Å². The molecular weight excluding hydrogens is 364 g/mol. The standard InChI is InChI=1S/C24H30N2O3/c1-25-13-14-26(16-20(25)19-11-12-21(28-2)22(15-19)29-3)24(27)23(18-9-10-18)17-7-5-4-6-8-17/h4-8,11-12,15,18,20,23H,9-10,13-14,16H2,1-3H3. The summed E-state index contributed by atoms with van der Waals surface area (Å²) < 4.78 is 10.9. The number of ether oxygens (including phenoxy) is 2. The van der Waals surface area contributed by atoms with Crippen molar-refractivity contribution in [3.05, 3.63) is 59.7 Å². The van der Waals surface area contributed by atoms with E-state index in [1.807, 2.05) is 30.3 Å². The minimum Gasteiger partial charge on any atom is -0.493 e. The van der Waals surface area contributed by atoms with E-state index in [4.69, 9.17) is 9.47 Å². The van der Waals surface area contributed by atoms with Crippen LogP contribution in [0.1, 0.15) is 35.9 Å². The number of amides is 1. The van der Waals surface area contributed by atoms with Gasteiger partial charge in [0.2, 0.25) is 5.91 Å². The molecule has 5 heteroatoms. The van der Waals surface area contributed by atoms with Gasteiger partial charge in [0.05, 0.1) is 26.2 Å². The van der Waals surface area contributed by atoms with Crippen LogP contribution in [0, 0.1) is 5.92 Å². The van der Waals surface area contributed by atoms with Gasteiger partial charge in [-0.25, -0.2) is 0 Å². The third-order valence-electron chi connectivity index (χ3n) is 6.27. The second-order valence-corrected chi connectivity index (χ2v) is 8.12. The van der Waals surface area contributed by atoms with Crippen molar-refractivity contribution in [2.45, 2.75) is 24.8 Å². The summed E-state index contributed by atoms with van der Waals surface area (Å²) in [5, 5.41) is 0. The average molecular weight is 395 g/mol. The molecule has 2 fully saturated rings. The predicted molar refractivity (Wildman–Crippen MR) is 113 cm³/mol. The molecule has 29 heavy (non-hydrogen) atoms. The molecule has 0 radical (unpaired) electrons. The summed E-state index contributed by atoms with van der Waals surface area (Å²) in [7, 11) is 5.42. The zero-order valence-corrected chi connectivity index (χ0v) is 17.5. The van der Waals surface area contributed by atoms with Gasteiger partial charge in [-0.3, -0.25) is 9.69 Å². The van der Waals surface area contributed by atoms with Crippen LogP contribution in [0.15, 0.2) is 48.5 Å². The number of likely N-dealkylation sites (N-methyl/N-ethyl adjacent to an activating group) is 1. The van der Waals surface area contributed by atoms with Gasteiger partial charge >= 0.3 is 0 Å². The molecule has 1 heterocycles. The second kappa shape index (κ2) is 8.46. The number of piperazine rings is 1. The summed E-state index contributed by atoms with van der Waals surface area (Å²) in [4.78, 5) is 17.9. The number of rotatable bonds is 6. The number of hydrogen-bond acceptors (Lipinski definition) is 4. The van der Waals surface area contributed by atoms with Gasteiger partial charge in [-0.15, -0.1) is 0 Å². The van der Waals surface area contributed by atoms with E-state index in [1.54, 1.807) is 14.2 Å². The van der Waals surface area contributed by atoms with E-state index >= 15 is 0 Å². The van der Waals surface area contributed by atoms with Crippen molar-refractivity contribution >= 4 is 5.91 Å². The van der Waals surface area contributed by atoms with Crippen LogP contribution in [-0.4, -0.2) is 56.6 Å². The van der Waals surface area contributed by atoms with Gasteiger partial charge in [0, 0.05) is 19.6 Å². The molecule has 1 saturated carbocycles. The van der Waals surface area contributed by atoms with E-state index < -0.39 is 0 Å². The average Bonchev–Trinajstić information content (AvgIpc) is 3.59. The molecule has 2 aliphatic rings. The van der Waals surface area contributed by atoms with Crippen molar-refractivity contribution in [2.24, 2.45) is 5.92 Å². The maximum absolute atomic E-state index is 13.5. The smallest absolute Gasteiger partial charge is 0.230 e. The van der Waals surface area contributed by atoms with Crippen LogP contribution in [0.25, 0.3) is 0 Å². The maximum Gasteiger partial charge on any atom is 0.230 e. The first kappa shape index (κ1) is 19.8. The van der Waals surface area contributed by atoms with Gasteiger partial charge in [0.1, 0.15) is 0 Å². The van der Waals surface area contributed by atoms with E-state index in [1.165, 1.54) is 0 Å². The van der Waals surface area contributed by atoms with Gasteiger partial charge in [-0.05, 0) is 49.1 Å². The zero-order valence-electron chi connectivity index (χ0n) is 17.5. The van der Waals surface area contributed by atoms with Gasteiger partial charge in [-0.2, -0.15) is 0 Å². The summed E-state index contributed by atoms with van der Waals surface area (Å²) in [6, 6.07) is 16.5. The summed E-state index contributed by atoms with van der Waals surface area (Å²) in [6.45, 7) is 2.33. The van der Waals surface area contributed by atoms with Gasteiger partial charge in [0.25, 0.3) is 0 Å². The molecule has 1 aliphatic carbocycles. The van der Waals surface area contributed by atoms with E-state index in [2.05, 4.69) is 35.0 Å². The third-order valence-corrected chi connectivity index (χ3v) is 6.27. The first-order chi connectivity index (χ1) is 14.1. The highest BCUT2D eigenvalue weighted by atomic mass is 16.5. The number of carbonyl (C=O) groups excluding carboxylic acids is 1. The fraction of sp³-hybridized carbons (Fsp3) is 0.458. The Balaban J connectivity index is 1.56. The largest absolute Gasteiger partial charge is 0.493 e. The van der Waals surface area contributed by atoms with E-state index in [-0.39, 0.29) is 17.9 Å². The van der Waals surface area contributed by atoms with Crippen LogP contribution in [0.5, 0.6) is 11.5 Å². The summed E-state index contributed by atoms with van der Waals surface area (Å²) in [5.41, 5.74) is 2.30. The Morgan fingerprint density at radius 1 is 1.00 bits per heavy atom. The molecule has 154 valence electrons. The molecule has 1 saturated heterocycles. The fourth-order valence-electron chi connectivity index (χ4n) is 4.40. The Morgan fingerprint density at radius 2 is 1.72 bits per heavy atom. The van der Waals surface area contributed by atoms with Crippen molar-refractivity contribution in [2.75, 3.05) is 40.9 Å². The SMILES string of the molecule is COc1ccc(C2CN(C(=O)C(c3ccccc3)C3CC3)CCN2C)cc1OC. The Kier molecular flexibility index (Phi) is 5.76. The molecule has 2 unspecified atom stereocenters. The molecule has 1 amide bonds. The Labute approximate surface area is 173 Å². The van der Waals surface area contributed by atoms with Crippen LogP contribution in [0.4, 0.5) is 0 Å². The second-order valence-electron chi connectivity index (χ2n) is 8.12. The first-order valence-corrected chi connectivity index (χ1v) is 10.4. The molecule has 1 aliphatic heterocycles. The molecule has 5 nitrogen and oxygen atoms in total. The lowest BCUT2D eigenvalue weighted by atomic mass is 9.91. The summed E-state index contributed by atoms with van der Waals surface area (Å²) in [6.07, 6.45) is 2.30. The number of hydrogen-bond donors (Lipinski definition) is 0. The van der Waals surface area contributed by atoms with Crippen molar-refractivity contribution in [3.8, 4) is 11.5 Å². The van der Waals surface area contributed by atoms with E-state index in [0.717, 1.165) is 48.6 Å². The minimum atomic E-state index is -0.00865. The van der Waals surface area contributed by atoms with Crippen LogP contribution in [0.2, 0.25) is 0 Å². The molecule has 2 atom stereocenters. The normalized spacial score (nSPS) is 20.9. The molecule has 0 spiro atoms. The molecule has 2 aromatic carbocycles. The minimum absolute atomic E-state index is 0.00865. The van der Waals surface area contributed by atoms with Gasteiger partial charge in [0.15, 0.2) is 11.5 Å². The molecule has 0 aromatic heterocycles. The Hall–Kier alpha value is -2.53. The lowest BCUT2D eigenvalue weighted by Gasteiger charge is -2.41. The lowest BCUT2D eigenvalue weighted by Crippen LogP contribution is -2.50. The van der Waals surface area contributed by atoms with Crippen LogP contribution < -0.4 is 9.47 Å². The summed E-state index contributed by atoms with van der Waals surface area (Å²) >= 11 is 0. The third kappa shape index (κ3) is 4.10. The molecule has 0 N–H and O–H groups in total. The van der Waals surface area contributed by atoms with Crippen LogP contribution in [0.3, 0.4) is 0 Å². The highest BCUT2D eigenvalue weighted by molar-refractivity contribution is 5.84.